The van der Waals surface area contributed by atoms with Crippen molar-refractivity contribution >= 4 is 5.96 Å². The third-order valence-electron chi connectivity index (χ3n) is 4.83. The molecule has 0 bridgehead atoms. The Hall–Kier alpha value is -1.75. The van der Waals surface area contributed by atoms with Crippen LogP contribution in [0.2, 0.25) is 0 Å². The van der Waals surface area contributed by atoms with Crippen LogP contribution < -0.4 is 10.1 Å². The largest absolute Gasteiger partial charge is 0.493 e. The number of aliphatic imine (C=N–C) groups is 1. The molecule has 1 heterocycles. The lowest BCUT2D eigenvalue weighted by Gasteiger charge is -2.21. The first kappa shape index (κ1) is 19.6. The molecular weight excluding hydrogens is 314 g/mol. The molecule has 1 fully saturated rings. The quantitative estimate of drug-likeness (QED) is 0.468. The zero-order chi connectivity index (χ0) is 18.2. The second kappa shape index (κ2) is 9.66. The van der Waals surface area contributed by atoms with E-state index in [9.17, 15) is 0 Å². The molecule has 1 aliphatic rings. The minimum Gasteiger partial charge on any atom is -0.493 e. The molecular formula is C20H33N3O2. The van der Waals surface area contributed by atoms with Crippen molar-refractivity contribution in [2.24, 2.45) is 10.9 Å². The molecule has 0 amide bonds. The summed E-state index contributed by atoms with van der Waals surface area (Å²) in [5.41, 5.74) is 3.76. The lowest BCUT2D eigenvalue weighted by Crippen LogP contribution is -2.40. The second-order valence-corrected chi connectivity index (χ2v) is 6.94. The number of methoxy groups -OCH3 is 1. The first-order valence-electron chi connectivity index (χ1n) is 9.20. The number of nitrogens with zero attached hydrogens (tertiary/aromatic N) is 2. The zero-order valence-electron chi connectivity index (χ0n) is 16.4. The number of aryl methyl sites for hydroxylation is 2. The highest BCUT2D eigenvalue weighted by atomic mass is 16.5. The molecule has 1 saturated heterocycles. The van der Waals surface area contributed by atoms with Gasteiger partial charge in [0.05, 0.1) is 13.2 Å². The Morgan fingerprint density at radius 3 is 2.84 bits per heavy atom. The number of nitrogens with one attached hydrogen (secondary N) is 1. The minimum absolute atomic E-state index is 0.611. The van der Waals surface area contributed by atoms with Crippen molar-refractivity contribution in [3.05, 3.63) is 28.8 Å². The van der Waals surface area contributed by atoms with E-state index in [0.717, 1.165) is 44.4 Å². The lowest BCUT2D eigenvalue weighted by molar-refractivity contribution is 0.157. The first-order valence-corrected chi connectivity index (χ1v) is 9.20. The van der Waals surface area contributed by atoms with E-state index >= 15 is 0 Å². The van der Waals surface area contributed by atoms with Crippen LogP contribution in [-0.2, 0) is 4.74 Å². The molecule has 2 rings (SSSR count). The van der Waals surface area contributed by atoms with Crippen LogP contribution in [0.3, 0.4) is 0 Å². The Morgan fingerprint density at radius 2 is 2.12 bits per heavy atom. The summed E-state index contributed by atoms with van der Waals surface area (Å²) >= 11 is 0. The lowest BCUT2D eigenvalue weighted by atomic mass is 10.1. The number of guanidine groups is 1. The molecule has 5 nitrogen and oxygen atoms in total. The monoisotopic (exact) mass is 347 g/mol. The fourth-order valence-electron chi connectivity index (χ4n) is 3.33. The summed E-state index contributed by atoms with van der Waals surface area (Å²) in [5.74, 6) is 2.60. The molecule has 1 aromatic rings. The molecule has 25 heavy (non-hydrogen) atoms. The van der Waals surface area contributed by atoms with E-state index in [1.807, 2.05) is 7.05 Å². The van der Waals surface area contributed by atoms with E-state index in [1.54, 1.807) is 7.11 Å². The third-order valence-corrected chi connectivity index (χ3v) is 4.83. The molecule has 0 radical (unpaired) electrons. The summed E-state index contributed by atoms with van der Waals surface area (Å²) in [6, 6.07) is 4.31. The van der Waals surface area contributed by atoms with Gasteiger partial charge in [0, 0.05) is 39.7 Å². The summed E-state index contributed by atoms with van der Waals surface area (Å²) in [5, 5.41) is 3.45. The van der Waals surface area contributed by atoms with E-state index in [1.165, 1.54) is 23.1 Å². The summed E-state index contributed by atoms with van der Waals surface area (Å²) in [6.45, 7) is 10.8. The number of ether oxygens (including phenoxy) is 2. The van der Waals surface area contributed by atoms with Gasteiger partial charge in [0.1, 0.15) is 5.75 Å². The van der Waals surface area contributed by atoms with E-state index in [0.29, 0.717) is 12.5 Å². The molecule has 0 aliphatic carbocycles. The molecule has 1 aromatic carbocycles. The van der Waals surface area contributed by atoms with Crippen LogP contribution in [0.1, 0.15) is 29.5 Å². The van der Waals surface area contributed by atoms with Crippen molar-refractivity contribution in [3.8, 4) is 5.75 Å². The van der Waals surface area contributed by atoms with E-state index in [-0.39, 0.29) is 0 Å². The van der Waals surface area contributed by atoms with Crippen LogP contribution in [0.4, 0.5) is 0 Å². The van der Waals surface area contributed by atoms with E-state index in [4.69, 9.17) is 9.47 Å². The topological polar surface area (TPSA) is 46.1 Å². The molecule has 0 spiro atoms. The van der Waals surface area contributed by atoms with Crippen LogP contribution in [-0.4, -0.2) is 57.9 Å². The van der Waals surface area contributed by atoms with E-state index in [2.05, 4.69) is 48.1 Å². The summed E-state index contributed by atoms with van der Waals surface area (Å²) < 4.78 is 11.2. The Balaban J connectivity index is 1.72. The van der Waals surface area contributed by atoms with Gasteiger partial charge in [-0.2, -0.15) is 0 Å². The van der Waals surface area contributed by atoms with Crippen molar-refractivity contribution in [1.29, 1.82) is 0 Å². The Labute approximate surface area is 152 Å². The Morgan fingerprint density at radius 1 is 1.32 bits per heavy atom. The third kappa shape index (κ3) is 5.63. The van der Waals surface area contributed by atoms with Crippen LogP contribution in [0, 0.1) is 26.7 Å². The van der Waals surface area contributed by atoms with Crippen molar-refractivity contribution in [2.45, 2.75) is 33.6 Å². The first-order chi connectivity index (χ1) is 12.0. The second-order valence-electron chi connectivity index (χ2n) is 6.94. The van der Waals surface area contributed by atoms with Gasteiger partial charge < -0.3 is 19.7 Å². The highest BCUT2D eigenvalue weighted by molar-refractivity contribution is 5.80. The molecule has 5 heteroatoms. The van der Waals surface area contributed by atoms with Crippen LogP contribution in [0.5, 0.6) is 5.75 Å². The average molecular weight is 348 g/mol. The summed E-state index contributed by atoms with van der Waals surface area (Å²) in [4.78, 5) is 6.73. The van der Waals surface area contributed by atoms with Gasteiger partial charge in [-0.15, -0.1) is 0 Å². The maximum Gasteiger partial charge on any atom is 0.193 e. The molecule has 0 aromatic heterocycles. The van der Waals surface area contributed by atoms with Crippen molar-refractivity contribution in [2.75, 3.05) is 47.0 Å². The molecule has 1 N–H and O–H groups in total. The fraction of sp³-hybridized carbons (Fsp3) is 0.650. The zero-order valence-corrected chi connectivity index (χ0v) is 16.4. The number of likely N-dealkylation sites (tertiary alicyclic amines) is 1. The van der Waals surface area contributed by atoms with Gasteiger partial charge in [0.2, 0.25) is 0 Å². The normalized spacial score (nSPS) is 17.9. The SMILES string of the molecule is CN=C(NCCCOc1cc(C)cc(C)c1C)N1CCC(COC)C1. The van der Waals surface area contributed by atoms with Gasteiger partial charge in [0.15, 0.2) is 5.96 Å². The number of hydrogen-bond donors (Lipinski definition) is 1. The van der Waals surface area contributed by atoms with Gasteiger partial charge >= 0.3 is 0 Å². The maximum atomic E-state index is 5.98. The van der Waals surface area contributed by atoms with Crippen molar-refractivity contribution in [1.82, 2.24) is 10.2 Å². The number of rotatable bonds is 7. The maximum absolute atomic E-state index is 5.98. The molecule has 0 saturated carbocycles. The van der Waals surface area contributed by atoms with Gasteiger partial charge in [0.25, 0.3) is 0 Å². The predicted molar refractivity (Wildman–Crippen MR) is 104 cm³/mol. The summed E-state index contributed by atoms with van der Waals surface area (Å²) in [7, 11) is 3.62. The fourth-order valence-corrected chi connectivity index (χ4v) is 3.33. The highest BCUT2D eigenvalue weighted by Crippen LogP contribution is 2.23. The Kier molecular flexibility index (Phi) is 7.56. The van der Waals surface area contributed by atoms with Crippen LogP contribution in [0.25, 0.3) is 0 Å². The van der Waals surface area contributed by atoms with Gasteiger partial charge in [-0.3, -0.25) is 4.99 Å². The molecule has 1 aliphatic heterocycles. The molecule has 140 valence electrons. The summed E-state index contributed by atoms with van der Waals surface area (Å²) in [6.07, 6.45) is 2.12. The standard InChI is InChI=1S/C20H33N3O2/c1-15-11-16(2)17(3)19(12-15)25-10-6-8-22-20(21-4)23-9-7-18(13-23)14-24-5/h11-12,18H,6-10,13-14H2,1-5H3,(H,21,22). The molecule has 1 unspecified atom stereocenters. The minimum atomic E-state index is 0.611. The Bertz CT molecular complexity index is 587. The smallest absolute Gasteiger partial charge is 0.193 e. The average Bonchev–Trinajstić information content (AvgIpc) is 3.04. The van der Waals surface area contributed by atoms with Crippen molar-refractivity contribution in [3.63, 3.8) is 0 Å². The predicted octanol–water partition coefficient (Wildman–Crippen LogP) is 2.92. The highest BCUT2D eigenvalue weighted by Gasteiger charge is 2.24. The molecule has 1 atom stereocenters. The van der Waals surface area contributed by atoms with Gasteiger partial charge in [-0.1, -0.05) is 6.07 Å². The van der Waals surface area contributed by atoms with E-state index < -0.39 is 0 Å². The van der Waals surface area contributed by atoms with Crippen LogP contribution >= 0.6 is 0 Å². The van der Waals surface area contributed by atoms with Gasteiger partial charge in [-0.25, -0.2) is 0 Å². The van der Waals surface area contributed by atoms with Crippen LogP contribution in [0.15, 0.2) is 17.1 Å². The number of benzene rings is 1. The van der Waals surface area contributed by atoms with Gasteiger partial charge in [-0.05, 0) is 56.4 Å². The van der Waals surface area contributed by atoms with Crippen molar-refractivity contribution < 1.29 is 9.47 Å². The number of hydrogen-bond acceptors (Lipinski definition) is 3.